The van der Waals surface area contributed by atoms with E-state index in [1.54, 1.807) is 0 Å². The molecule has 0 heterocycles. The summed E-state index contributed by atoms with van der Waals surface area (Å²) >= 11 is 0. The lowest BCUT2D eigenvalue weighted by atomic mass is 10.0. The molecule has 0 radical (unpaired) electrons. The van der Waals surface area contributed by atoms with Crippen molar-refractivity contribution in [2.45, 2.75) is 51.9 Å². The van der Waals surface area contributed by atoms with Gasteiger partial charge in [-0.15, -0.1) is 0 Å². The Labute approximate surface area is 82.7 Å². The number of allylic oxidation sites excluding steroid dienone is 4. The predicted octanol–water partition coefficient (Wildman–Crippen LogP) is 4.48. The zero-order valence-electron chi connectivity index (χ0n) is 8.84. The normalized spacial score (nSPS) is 31.3. The van der Waals surface area contributed by atoms with Gasteiger partial charge in [-0.2, -0.15) is 0 Å². The van der Waals surface area contributed by atoms with Gasteiger partial charge in [0.25, 0.3) is 0 Å². The maximum Gasteiger partial charge on any atom is -0.0259 e. The molecule has 0 saturated carbocycles. The zero-order valence-corrected chi connectivity index (χ0v) is 8.84. The van der Waals surface area contributed by atoms with E-state index in [1.165, 1.54) is 44.9 Å². The van der Waals surface area contributed by atoms with Crippen LogP contribution >= 0.6 is 0 Å². The second kappa shape index (κ2) is 6.94. The van der Waals surface area contributed by atoms with E-state index < -0.39 is 0 Å². The van der Waals surface area contributed by atoms with Gasteiger partial charge in [0.05, 0.1) is 0 Å². The molecule has 0 heteroatoms. The molecule has 0 saturated heterocycles. The molecule has 1 aliphatic carbocycles. The Balaban J connectivity index is 2.30. The summed E-state index contributed by atoms with van der Waals surface area (Å²) in [5.74, 6) is 0.768. The summed E-state index contributed by atoms with van der Waals surface area (Å²) < 4.78 is 0. The summed E-state index contributed by atoms with van der Waals surface area (Å²) in [6.45, 7) is 2.32. The average molecular weight is 178 g/mol. The van der Waals surface area contributed by atoms with E-state index in [2.05, 4.69) is 31.2 Å². The van der Waals surface area contributed by atoms with Crippen molar-refractivity contribution in [3.8, 4) is 0 Å². The predicted molar refractivity (Wildman–Crippen MR) is 59.8 cm³/mol. The van der Waals surface area contributed by atoms with Crippen molar-refractivity contribution in [2.24, 2.45) is 5.92 Å². The highest BCUT2D eigenvalue weighted by molar-refractivity contribution is 4.89. The summed E-state index contributed by atoms with van der Waals surface area (Å²) in [7, 11) is 0. The van der Waals surface area contributed by atoms with Gasteiger partial charge in [-0.05, 0) is 44.4 Å². The largest absolute Gasteiger partial charge is 0.0885 e. The monoisotopic (exact) mass is 178 g/mol. The van der Waals surface area contributed by atoms with Crippen LogP contribution in [0.4, 0.5) is 0 Å². The van der Waals surface area contributed by atoms with Gasteiger partial charge < -0.3 is 0 Å². The number of hydrogen-bond donors (Lipinski definition) is 0. The first-order valence-electron chi connectivity index (χ1n) is 5.71. The quantitative estimate of drug-likeness (QED) is 0.480. The third kappa shape index (κ3) is 5.68. The highest BCUT2D eigenvalue weighted by atomic mass is 14.0. The standard InChI is InChI=1S/C13H22/c1-13-11-9-7-5-3-2-4-6-8-10-12-13/h5,7,10,12-13H,2-4,6,8-9,11H2,1H3/b7-5+,12-10+. The second-order valence-corrected chi connectivity index (χ2v) is 4.09. The molecular formula is C13H22. The molecule has 0 aromatic heterocycles. The molecule has 0 aliphatic heterocycles. The molecule has 0 aromatic carbocycles. The molecular weight excluding hydrogens is 156 g/mol. The Bertz CT molecular complexity index is 165. The first-order chi connectivity index (χ1) is 6.39. The molecule has 0 nitrogen and oxygen atoms in total. The lowest BCUT2D eigenvalue weighted by Gasteiger charge is -2.04. The number of rotatable bonds is 0. The number of hydrogen-bond acceptors (Lipinski definition) is 0. The Morgan fingerprint density at radius 3 is 2.38 bits per heavy atom. The maximum atomic E-state index is 2.38. The Morgan fingerprint density at radius 2 is 1.54 bits per heavy atom. The van der Waals surface area contributed by atoms with E-state index in [1.807, 2.05) is 0 Å². The van der Waals surface area contributed by atoms with Crippen LogP contribution in [0.2, 0.25) is 0 Å². The molecule has 0 aromatic rings. The summed E-state index contributed by atoms with van der Waals surface area (Å²) in [4.78, 5) is 0. The molecule has 1 aliphatic rings. The second-order valence-electron chi connectivity index (χ2n) is 4.09. The third-order valence-electron chi connectivity index (χ3n) is 2.66. The molecule has 13 heavy (non-hydrogen) atoms. The molecule has 0 fully saturated rings. The van der Waals surface area contributed by atoms with Crippen LogP contribution < -0.4 is 0 Å². The van der Waals surface area contributed by atoms with Gasteiger partial charge in [-0.25, -0.2) is 0 Å². The highest BCUT2D eigenvalue weighted by Crippen LogP contribution is 2.12. The average Bonchev–Trinajstić information content (AvgIpc) is 2.11. The summed E-state index contributed by atoms with van der Waals surface area (Å²) in [5, 5.41) is 0. The van der Waals surface area contributed by atoms with Gasteiger partial charge in [-0.1, -0.05) is 37.6 Å². The van der Waals surface area contributed by atoms with Crippen LogP contribution in [0.25, 0.3) is 0 Å². The fraction of sp³-hybridized carbons (Fsp3) is 0.692. The van der Waals surface area contributed by atoms with E-state index in [0.29, 0.717) is 0 Å². The van der Waals surface area contributed by atoms with E-state index in [4.69, 9.17) is 0 Å². The zero-order chi connectivity index (χ0) is 9.36. The van der Waals surface area contributed by atoms with Crippen molar-refractivity contribution >= 4 is 0 Å². The molecule has 0 amide bonds. The van der Waals surface area contributed by atoms with Gasteiger partial charge in [0.1, 0.15) is 0 Å². The minimum Gasteiger partial charge on any atom is -0.0885 e. The smallest absolute Gasteiger partial charge is 0.0259 e. The van der Waals surface area contributed by atoms with Gasteiger partial charge >= 0.3 is 0 Å². The Hall–Kier alpha value is -0.520. The van der Waals surface area contributed by atoms with Gasteiger partial charge in [0.15, 0.2) is 0 Å². The van der Waals surface area contributed by atoms with Crippen LogP contribution in [-0.4, -0.2) is 0 Å². The van der Waals surface area contributed by atoms with Crippen LogP contribution in [0.3, 0.4) is 0 Å². The van der Waals surface area contributed by atoms with Crippen molar-refractivity contribution in [2.75, 3.05) is 0 Å². The molecule has 1 atom stereocenters. The molecule has 0 spiro atoms. The van der Waals surface area contributed by atoms with E-state index in [0.717, 1.165) is 5.92 Å². The van der Waals surface area contributed by atoms with Crippen molar-refractivity contribution < 1.29 is 0 Å². The maximum absolute atomic E-state index is 2.38. The highest BCUT2D eigenvalue weighted by Gasteiger charge is 1.95. The topological polar surface area (TPSA) is 0 Å². The van der Waals surface area contributed by atoms with Crippen LogP contribution in [0.1, 0.15) is 51.9 Å². The van der Waals surface area contributed by atoms with Crippen LogP contribution in [-0.2, 0) is 0 Å². The lowest BCUT2D eigenvalue weighted by molar-refractivity contribution is 0.641. The van der Waals surface area contributed by atoms with Crippen LogP contribution in [0, 0.1) is 5.92 Å². The molecule has 0 bridgehead atoms. The minimum atomic E-state index is 0.768. The Morgan fingerprint density at radius 1 is 0.846 bits per heavy atom. The molecule has 1 rings (SSSR count). The van der Waals surface area contributed by atoms with Gasteiger partial charge in [-0.3, -0.25) is 0 Å². The van der Waals surface area contributed by atoms with Crippen LogP contribution in [0.5, 0.6) is 0 Å². The van der Waals surface area contributed by atoms with Crippen molar-refractivity contribution in [1.82, 2.24) is 0 Å². The van der Waals surface area contributed by atoms with E-state index in [-0.39, 0.29) is 0 Å². The first-order valence-corrected chi connectivity index (χ1v) is 5.71. The summed E-state index contributed by atoms with van der Waals surface area (Å²) in [5.41, 5.74) is 0. The fourth-order valence-corrected chi connectivity index (χ4v) is 1.72. The van der Waals surface area contributed by atoms with Gasteiger partial charge in [0.2, 0.25) is 0 Å². The van der Waals surface area contributed by atoms with E-state index in [9.17, 15) is 0 Å². The SMILES string of the molecule is CC1/C=C/CCCCC/C=C/CC1. The summed E-state index contributed by atoms with van der Waals surface area (Å²) in [6.07, 6.45) is 18.8. The van der Waals surface area contributed by atoms with Crippen molar-refractivity contribution in [3.05, 3.63) is 24.3 Å². The first kappa shape index (κ1) is 10.6. The fourth-order valence-electron chi connectivity index (χ4n) is 1.72. The van der Waals surface area contributed by atoms with Crippen molar-refractivity contribution in [1.29, 1.82) is 0 Å². The minimum absolute atomic E-state index is 0.768. The lowest BCUT2D eigenvalue weighted by Crippen LogP contribution is -1.88. The molecule has 74 valence electrons. The third-order valence-corrected chi connectivity index (χ3v) is 2.66. The van der Waals surface area contributed by atoms with E-state index >= 15 is 0 Å². The van der Waals surface area contributed by atoms with Gasteiger partial charge in [0, 0.05) is 0 Å². The molecule has 0 N–H and O–H groups in total. The van der Waals surface area contributed by atoms with Crippen LogP contribution in [0.15, 0.2) is 24.3 Å². The Kier molecular flexibility index (Phi) is 5.64. The summed E-state index contributed by atoms with van der Waals surface area (Å²) in [6, 6.07) is 0. The van der Waals surface area contributed by atoms with Crippen molar-refractivity contribution in [3.63, 3.8) is 0 Å². The molecule has 1 unspecified atom stereocenters.